The topological polar surface area (TPSA) is 101 Å². The number of nitrogen functional groups attached to an aromatic ring is 1. The molecule has 0 saturated carbocycles. The Balaban J connectivity index is 2.35. The highest BCUT2D eigenvalue weighted by Gasteiger charge is 2.12. The first kappa shape index (κ1) is 15.2. The van der Waals surface area contributed by atoms with E-state index < -0.39 is 0 Å². The SMILES string of the molecule is CCCCC(CO)Nc1nc(N)nc2cc(C=O)ccc12. The smallest absolute Gasteiger partial charge is 0.222 e. The molecule has 21 heavy (non-hydrogen) atoms. The predicted molar refractivity (Wildman–Crippen MR) is 83.4 cm³/mol. The second-order valence-corrected chi connectivity index (χ2v) is 4.99. The number of aliphatic hydroxyl groups is 1. The van der Waals surface area contributed by atoms with Gasteiger partial charge in [0, 0.05) is 10.9 Å². The van der Waals surface area contributed by atoms with Crippen molar-refractivity contribution >= 4 is 29.0 Å². The third-order valence-electron chi connectivity index (χ3n) is 3.34. The molecule has 0 fully saturated rings. The lowest BCUT2D eigenvalue weighted by Gasteiger charge is -2.18. The molecule has 1 aromatic heterocycles. The lowest BCUT2D eigenvalue weighted by atomic mass is 10.1. The molecule has 112 valence electrons. The number of nitrogens with two attached hydrogens (primary N) is 1. The first-order chi connectivity index (χ1) is 10.2. The number of carbonyl (C=O) groups is 1. The van der Waals surface area contributed by atoms with Crippen molar-refractivity contribution < 1.29 is 9.90 Å². The monoisotopic (exact) mass is 288 g/mol. The zero-order valence-corrected chi connectivity index (χ0v) is 12.0. The van der Waals surface area contributed by atoms with Gasteiger partial charge in [0.2, 0.25) is 5.95 Å². The average Bonchev–Trinajstić information content (AvgIpc) is 2.50. The number of anilines is 2. The molecule has 6 nitrogen and oxygen atoms in total. The molecule has 4 N–H and O–H groups in total. The van der Waals surface area contributed by atoms with Gasteiger partial charge in [0.25, 0.3) is 0 Å². The number of aldehydes is 1. The lowest BCUT2D eigenvalue weighted by molar-refractivity contribution is 0.112. The Morgan fingerprint density at radius 1 is 1.43 bits per heavy atom. The number of nitrogens with zero attached hydrogens (tertiary/aromatic N) is 2. The van der Waals surface area contributed by atoms with E-state index in [1.807, 2.05) is 0 Å². The van der Waals surface area contributed by atoms with Crippen LogP contribution in [0.4, 0.5) is 11.8 Å². The highest BCUT2D eigenvalue weighted by Crippen LogP contribution is 2.23. The molecular formula is C15H20N4O2. The molecule has 1 aromatic carbocycles. The summed E-state index contributed by atoms with van der Waals surface area (Å²) < 4.78 is 0. The van der Waals surface area contributed by atoms with Gasteiger partial charge in [0.15, 0.2) is 0 Å². The van der Waals surface area contributed by atoms with Crippen molar-refractivity contribution in [2.75, 3.05) is 17.7 Å². The normalized spacial score (nSPS) is 12.3. The maximum absolute atomic E-state index is 10.8. The van der Waals surface area contributed by atoms with Gasteiger partial charge in [-0.3, -0.25) is 4.79 Å². The number of hydrogen-bond acceptors (Lipinski definition) is 6. The summed E-state index contributed by atoms with van der Waals surface area (Å²) >= 11 is 0. The van der Waals surface area contributed by atoms with Gasteiger partial charge < -0.3 is 16.2 Å². The molecule has 1 heterocycles. The minimum atomic E-state index is -0.0757. The summed E-state index contributed by atoms with van der Waals surface area (Å²) in [6.07, 6.45) is 3.70. The van der Waals surface area contributed by atoms with Gasteiger partial charge >= 0.3 is 0 Å². The highest BCUT2D eigenvalue weighted by atomic mass is 16.3. The Bertz CT molecular complexity index is 630. The first-order valence-corrected chi connectivity index (χ1v) is 7.07. The van der Waals surface area contributed by atoms with Crippen LogP contribution in [0, 0.1) is 0 Å². The van der Waals surface area contributed by atoms with Gasteiger partial charge in [-0.05, 0) is 18.6 Å². The number of carbonyl (C=O) groups excluding carboxylic acids is 1. The summed E-state index contributed by atoms with van der Waals surface area (Å²) in [6.45, 7) is 2.13. The standard InChI is InChI=1S/C15H20N4O2/c1-2-3-4-11(9-21)17-14-12-6-5-10(8-20)7-13(12)18-15(16)19-14/h5-8,11,21H,2-4,9H2,1H3,(H3,16,17,18,19). The van der Waals surface area contributed by atoms with Gasteiger partial charge in [0.1, 0.15) is 12.1 Å². The van der Waals surface area contributed by atoms with E-state index in [1.165, 1.54) is 0 Å². The van der Waals surface area contributed by atoms with Crippen molar-refractivity contribution in [3.63, 3.8) is 0 Å². The largest absolute Gasteiger partial charge is 0.394 e. The summed E-state index contributed by atoms with van der Waals surface area (Å²) in [5.74, 6) is 0.727. The van der Waals surface area contributed by atoms with E-state index in [4.69, 9.17) is 5.73 Å². The molecule has 0 aliphatic rings. The molecule has 0 spiro atoms. The van der Waals surface area contributed by atoms with Crippen LogP contribution >= 0.6 is 0 Å². The van der Waals surface area contributed by atoms with E-state index in [1.54, 1.807) is 18.2 Å². The second kappa shape index (κ2) is 6.99. The lowest BCUT2D eigenvalue weighted by Crippen LogP contribution is -2.24. The average molecular weight is 288 g/mol. The number of aromatic nitrogens is 2. The van der Waals surface area contributed by atoms with Crippen LogP contribution in [0.15, 0.2) is 18.2 Å². The third-order valence-corrected chi connectivity index (χ3v) is 3.34. The Morgan fingerprint density at radius 2 is 2.24 bits per heavy atom. The maximum Gasteiger partial charge on any atom is 0.222 e. The van der Waals surface area contributed by atoms with E-state index >= 15 is 0 Å². The number of aliphatic hydroxyl groups excluding tert-OH is 1. The van der Waals surface area contributed by atoms with Crippen LogP contribution in [-0.4, -0.2) is 34.0 Å². The molecule has 1 unspecified atom stereocenters. The molecule has 0 bridgehead atoms. The van der Waals surface area contributed by atoms with Crippen LogP contribution < -0.4 is 11.1 Å². The number of unbranched alkanes of at least 4 members (excludes halogenated alkanes) is 1. The van der Waals surface area contributed by atoms with Crippen LogP contribution in [0.1, 0.15) is 36.5 Å². The van der Waals surface area contributed by atoms with Gasteiger partial charge in [-0.1, -0.05) is 25.8 Å². The zero-order valence-electron chi connectivity index (χ0n) is 12.0. The van der Waals surface area contributed by atoms with Gasteiger partial charge in [0.05, 0.1) is 18.2 Å². The molecule has 2 rings (SSSR count). The fourth-order valence-electron chi connectivity index (χ4n) is 2.20. The molecule has 2 aromatic rings. The molecule has 0 aliphatic heterocycles. The summed E-state index contributed by atoms with van der Waals surface area (Å²) in [7, 11) is 0. The van der Waals surface area contributed by atoms with Gasteiger partial charge in [-0.2, -0.15) is 4.98 Å². The van der Waals surface area contributed by atoms with E-state index in [-0.39, 0.29) is 18.6 Å². The molecule has 0 radical (unpaired) electrons. The summed E-state index contributed by atoms with van der Waals surface area (Å²) in [5.41, 5.74) is 6.87. The predicted octanol–water partition coefficient (Wildman–Crippen LogP) is 1.99. The van der Waals surface area contributed by atoms with Crippen LogP contribution in [0.3, 0.4) is 0 Å². The quantitative estimate of drug-likeness (QED) is 0.673. The van der Waals surface area contributed by atoms with E-state index in [2.05, 4.69) is 22.2 Å². The fraction of sp³-hybridized carbons (Fsp3) is 0.400. The van der Waals surface area contributed by atoms with Crippen LogP contribution in [0.25, 0.3) is 10.9 Å². The summed E-state index contributed by atoms with van der Waals surface area (Å²) in [5, 5.41) is 13.5. The van der Waals surface area contributed by atoms with Crippen LogP contribution in [0.2, 0.25) is 0 Å². The van der Waals surface area contributed by atoms with Crippen LogP contribution in [-0.2, 0) is 0 Å². The van der Waals surface area contributed by atoms with E-state index in [9.17, 15) is 9.90 Å². The minimum Gasteiger partial charge on any atom is -0.394 e. The first-order valence-electron chi connectivity index (χ1n) is 7.07. The summed E-state index contributed by atoms with van der Waals surface area (Å²) in [4.78, 5) is 19.2. The fourth-order valence-corrected chi connectivity index (χ4v) is 2.20. The van der Waals surface area contributed by atoms with Gasteiger partial charge in [-0.25, -0.2) is 4.98 Å². The van der Waals surface area contributed by atoms with E-state index in [0.29, 0.717) is 16.9 Å². The Kier molecular flexibility index (Phi) is 5.05. The van der Waals surface area contributed by atoms with E-state index in [0.717, 1.165) is 30.9 Å². The maximum atomic E-state index is 10.8. The van der Waals surface area contributed by atoms with Crippen molar-refractivity contribution in [3.8, 4) is 0 Å². The molecule has 0 amide bonds. The minimum absolute atomic E-state index is 0.0256. The third kappa shape index (κ3) is 3.66. The summed E-state index contributed by atoms with van der Waals surface area (Å²) in [6, 6.07) is 5.09. The Labute approximate surface area is 123 Å². The number of benzene rings is 1. The number of hydrogen-bond donors (Lipinski definition) is 3. The molecule has 0 aliphatic carbocycles. The number of rotatable bonds is 7. The molecular weight excluding hydrogens is 268 g/mol. The zero-order chi connectivity index (χ0) is 15.2. The van der Waals surface area contributed by atoms with Crippen molar-refractivity contribution in [3.05, 3.63) is 23.8 Å². The molecule has 6 heteroatoms. The van der Waals surface area contributed by atoms with Gasteiger partial charge in [-0.15, -0.1) is 0 Å². The van der Waals surface area contributed by atoms with Crippen LogP contribution in [0.5, 0.6) is 0 Å². The second-order valence-electron chi connectivity index (χ2n) is 4.99. The van der Waals surface area contributed by atoms with Crippen molar-refractivity contribution in [1.29, 1.82) is 0 Å². The molecule has 0 saturated heterocycles. The highest BCUT2D eigenvalue weighted by molar-refractivity contribution is 5.93. The number of nitrogens with one attached hydrogen (secondary N) is 1. The Hall–Kier alpha value is -2.21. The van der Waals surface area contributed by atoms with Crippen molar-refractivity contribution in [2.45, 2.75) is 32.2 Å². The number of fused-ring (bicyclic) bond motifs is 1. The van der Waals surface area contributed by atoms with Crippen molar-refractivity contribution in [1.82, 2.24) is 9.97 Å². The molecule has 1 atom stereocenters. The van der Waals surface area contributed by atoms with Crippen molar-refractivity contribution in [2.24, 2.45) is 0 Å². The Morgan fingerprint density at radius 3 is 2.90 bits per heavy atom.